The van der Waals surface area contributed by atoms with Crippen LogP contribution in [-0.4, -0.2) is 11.6 Å². The first-order chi connectivity index (χ1) is 9.58. The van der Waals surface area contributed by atoms with E-state index >= 15 is 0 Å². The maximum absolute atomic E-state index is 12.0. The second-order valence-electron chi connectivity index (χ2n) is 4.96. The van der Waals surface area contributed by atoms with Crippen LogP contribution in [0.1, 0.15) is 45.7 Å². The third-order valence-electron chi connectivity index (χ3n) is 3.56. The van der Waals surface area contributed by atoms with Crippen molar-refractivity contribution in [2.45, 2.75) is 30.1 Å². The summed E-state index contributed by atoms with van der Waals surface area (Å²) in [6.07, 6.45) is 0.717. The highest BCUT2D eigenvalue weighted by Crippen LogP contribution is 2.41. The van der Waals surface area contributed by atoms with Gasteiger partial charge >= 0.3 is 0 Å². The van der Waals surface area contributed by atoms with Crippen molar-refractivity contribution >= 4 is 23.3 Å². The standard InChI is InChI=1S/C17H14O2S/c1-10(18)13-7-8-16-14(17(13)11(2)19)9-12-5-3-4-6-15(12)20-16/h3-8H,9H2,1-2H3. The summed E-state index contributed by atoms with van der Waals surface area (Å²) in [5.74, 6) is -0.0890. The third kappa shape index (κ3) is 2.08. The highest BCUT2D eigenvalue weighted by Gasteiger charge is 2.23. The molecule has 0 unspecified atom stereocenters. The Hall–Kier alpha value is -1.87. The number of fused-ring (bicyclic) bond motifs is 2. The van der Waals surface area contributed by atoms with Crippen LogP contribution in [0.15, 0.2) is 46.2 Å². The lowest BCUT2D eigenvalue weighted by atomic mass is 9.91. The Kier molecular flexibility index (Phi) is 3.22. The Balaban J connectivity index is 2.21. The molecule has 100 valence electrons. The summed E-state index contributed by atoms with van der Waals surface area (Å²) < 4.78 is 0. The zero-order valence-corrected chi connectivity index (χ0v) is 12.2. The molecule has 0 atom stereocenters. The van der Waals surface area contributed by atoms with Crippen LogP contribution in [0.5, 0.6) is 0 Å². The smallest absolute Gasteiger partial charge is 0.160 e. The molecular formula is C17H14O2S. The molecule has 0 fully saturated rings. The minimum absolute atomic E-state index is 0.0352. The van der Waals surface area contributed by atoms with Gasteiger partial charge in [0.1, 0.15) is 0 Å². The van der Waals surface area contributed by atoms with Crippen LogP contribution < -0.4 is 0 Å². The minimum atomic E-state index is -0.0538. The Morgan fingerprint density at radius 2 is 1.70 bits per heavy atom. The fraction of sp³-hybridized carbons (Fsp3) is 0.176. The van der Waals surface area contributed by atoms with E-state index in [1.54, 1.807) is 17.8 Å². The number of ketones is 2. The number of Topliss-reactive ketones (excluding diaryl/α,β-unsaturated/α-hetero) is 2. The molecule has 2 nitrogen and oxygen atoms in total. The van der Waals surface area contributed by atoms with Gasteiger partial charge in [-0.1, -0.05) is 30.0 Å². The first kappa shape index (κ1) is 13.1. The molecule has 3 rings (SSSR count). The summed E-state index contributed by atoms with van der Waals surface area (Å²) in [6.45, 7) is 3.05. The molecule has 1 aliphatic rings. The topological polar surface area (TPSA) is 34.1 Å². The molecule has 0 aliphatic carbocycles. The van der Waals surface area contributed by atoms with Crippen molar-refractivity contribution in [2.75, 3.05) is 0 Å². The van der Waals surface area contributed by atoms with Crippen LogP contribution in [0.25, 0.3) is 0 Å². The highest BCUT2D eigenvalue weighted by atomic mass is 32.2. The molecule has 20 heavy (non-hydrogen) atoms. The second kappa shape index (κ2) is 4.91. The van der Waals surface area contributed by atoms with Crippen molar-refractivity contribution in [3.8, 4) is 0 Å². The largest absolute Gasteiger partial charge is 0.294 e. The number of carbonyl (C=O) groups excluding carboxylic acids is 2. The van der Waals surface area contributed by atoms with Crippen LogP contribution in [0.2, 0.25) is 0 Å². The Morgan fingerprint density at radius 1 is 0.950 bits per heavy atom. The second-order valence-corrected chi connectivity index (χ2v) is 6.05. The molecule has 0 saturated heterocycles. The number of hydrogen-bond acceptors (Lipinski definition) is 3. The number of rotatable bonds is 2. The van der Waals surface area contributed by atoms with Gasteiger partial charge in [-0.25, -0.2) is 0 Å². The number of carbonyl (C=O) groups is 2. The first-order valence-electron chi connectivity index (χ1n) is 6.51. The summed E-state index contributed by atoms with van der Waals surface area (Å²) >= 11 is 1.67. The number of hydrogen-bond donors (Lipinski definition) is 0. The summed E-state index contributed by atoms with van der Waals surface area (Å²) in [5.41, 5.74) is 3.34. The van der Waals surface area contributed by atoms with Gasteiger partial charge in [-0.15, -0.1) is 0 Å². The van der Waals surface area contributed by atoms with Crippen molar-refractivity contribution in [1.82, 2.24) is 0 Å². The molecule has 1 aliphatic heterocycles. The quantitative estimate of drug-likeness (QED) is 0.662. The molecule has 1 heterocycles. The van der Waals surface area contributed by atoms with Gasteiger partial charge in [-0.2, -0.15) is 0 Å². The van der Waals surface area contributed by atoms with E-state index in [0.29, 0.717) is 17.5 Å². The third-order valence-corrected chi connectivity index (χ3v) is 4.78. The lowest BCUT2D eigenvalue weighted by molar-refractivity contribution is 0.0979. The monoisotopic (exact) mass is 282 g/mol. The van der Waals surface area contributed by atoms with Crippen molar-refractivity contribution in [3.63, 3.8) is 0 Å². The first-order valence-corrected chi connectivity index (χ1v) is 7.33. The van der Waals surface area contributed by atoms with Crippen molar-refractivity contribution < 1.29 is 9.59 Å². The molecule has 0 amide bonds. The van der Waals surface area contributed by atoms with Crippen LogP contribution in [0, 0.1) is 0 Å². The zero-order chi connectivity index (χ0) is 14.3. The lowest BCUT2D eigenvalue weighted by Gasteiger charge is -2.22. The molecule has 3 heteroatoms. The van der Waals surface area contributed by atoms with E-state index in [4.69, 9.17) is 0 Å². The molecule has 2 aromatic rings. The predicted molar refractivity (Wildman–Crippen MR) is 79.8 cm³/mol. The van der Waals surface area contributed by atoms with Crippen LogP contribution >= 0.6 is 11.8 Å². The molecular weight excluding hydrogens is 268 g/mol. The average molecular weight is 282 g/mol. The number of benzene rings is 2. The summed E-state index contributed by atoms with van der Waals surface area (Å²) in [7, 11) is 0. The SMILES string of the molecule is CC(=O)c1ccc2c(c1C(C)=O)Cc1ccccc1S2. The summed E-state index contributed by atoms with van der Waals surface area (Å²) in [5, 5.41) is 0. The van der Waals surface area contributed by atoms with Crippen molar-refractivity contribution in [2.24, 2.45) is 0 Å². The van der Waals surface area contributed by atoms with Gasteiger partial charge in [0.2, 0.25) is 0 Å². The molecule has 0 spiro atoms. The zero-order valence-electron chi connectivity index (χ0n) is 11.4. The normalized spacial score (nSPS) is 12.5. The molecule has 0 saturated carbocycles. The van der Waals surface area contributed by atoms with E-state index in [1.807, 2.05) is 18.2 Å². The Morgan fingerprint density at radius 3 is 2.40 bits per heavy atom. The fourth-order valence-corrected chi connectivity index (χ4v) is 3.74. The fourth-order valence-electron chi connectivity index (χ4n) is 2.65. The van der Waals surface area contributed by atoms with Gasteiger partial charge in [-0.05, 0) is 43.2 Å². The highest BCUT2D eigenvalue weighted by molar-refractivity contribution is 7.99. The molecule has 0 aromatic heterocycles. The molecule has 2 aromatic carbocycles. The van der Waals surface area contributed by atoms with E-state index in [0.717, 1.165) is 10.5 Å². The van der Waals surface area contributed by atoms with E-state index in [2.05, 4.69) is 12.1 Å². The van der Waals surface area contributed by atoms with Crippen LogP contribution in [-0.2, 0) is 6.42 Å². The van der Waals surface area contributed by atoms with Crippen molar-refractivity contribution in [3.05, 3.63) is 58.7 Å². The van der Waals surface area contributed by atoms with E-state index in [1.165, 1.54) is 24.3 Å². The molecule has 0 N–H and O–H groups in total. The van der Waals surface area contributed by atoms with E-state index in [-0.39, 0.29) is 11.6 Å². The van der Waals surface area contributed by atoms with Gasteiger partial charge in [0, 0.05) is 27.3 Å². The van der Waals surface area contributed by atoms with Gasteiger partial charge in [0.15, 0.2) is 11.6 Å². The van der Waals surface area contributed by atoms with E-state index < -0.39 is 0 Å². The maximum atomic E-state index is 12.0. The van der Waals surface area contributed by atoms with Gasteiger partial charge in [-0.3, -0.25) is 9.59 Å². The van der Waals surface area contributed by atoms with Crippen molar-refractivity contribution in [1.29, 1.82) is 0 Å². The van der Waals surface area contributed by atoms with E-state index in [9.17, 15) is 9.59 Å². The van der Waals surface area contributed by atoms with Gasteiger partial charge < -0.3 is 0 Å². The van der Waals surface area contributed by atoms with Gasteiger partial charge in [0.25, 0.3) is 0 Å². The minimum Gasteiger partial charge on any atom is -0.294 e. The Labute approximate surface area is 122 Å². The summed E-state index contributed by atoms with van der Waals surface area (Å²) in [4.78, 5) is 26.0. The maximum Gasteiger partial charge on any atom is 0.160 e. The summed E-state index contributed by atoms with van der Waals surface area (Å²) in [6, 6.07) is 11.9. The molecule has 0 bridgehead atoms. The lowest BCUT2D eigenvalue weighted by Crippen LogP contribution is -2.12. The van der Waals surface area contributed by atoms with Gasteiger partial charge in [0.05, 0.1) is 0 Å². The van der Waals surface area contributed by atoms with Crippen LogP contribution in [0.3, 0.4) is 0 Å². The van der Waals surface area contributed by atoms with Crippen LogP contribution in [0.4, 0.5) is 0 Å². The predicted octanol–water partition coefficient (Wildman–Crippen LogP) is 4.15. The Bertz CT molecular complexity index is 732. The average Bonchev–Trinajstić information content (AvgIpc) is 2.43. The molecule has 0 radical (unpaired) electrons.